The Morgan fingerprint density at radius 1 is 1.25 bits per heavy atom. The zero-order valence-electron chi connectivity index (χ0n) is 12.5. The first-order valence-corrected chi connectivity index (χ1v) is 7.69. The summed E-state index contributed by atoms with van der Waals surface area (Å²) in [5, 5.41) is 0. The molecular weight excluding hydrogens is 253 g/mol. The minimum absolute atomic E-state index is 0.193. The van der Waals surface area contributed by atoms with Gasteiger partial charge in [-0.15, -0.1) is 0 Å². The Labute approximate surface area is 121 Å². The molecule has 2 rings (SSSR count). The molecule has 0 heterocycles. The lowest BCUT2D eigenvalue weighted by Crippen LogP contribution is -2.51. The summed E-state index contributed by atoms with van der Waals surface area (Å²) >= 11 is 0. The Hall–Kier alpha value is -1.38. The SMILES string of the molecule is CCCN(CCC)C(=O)C1(c2cccc(F)c2)CCC1. The Morgan fingerprint density at radius 3 is 2.35 bits per heavy atom. The number of halogens is 1. The minimum Gasteiger partial charge on any atom is -0.342 e. The van der Waals surface area contributed by atoms with Gasteiger partial charge in [0.15, 0.2) is 0 Å². The standard InChI is InChI=1S/C17H24FNO/c1-3-11-19(12-4-2)16(20)17(9-6-10-17)14-7-5-8-15(18)13-14/h5,7-8,13H,3-4,6,9-12H2,1-2H3. The van der Waals surface area contributed by atoms with Crippen LogP contribution in [0.2, 0.25) is 0 Å². The predicted molar refractivity (Wildman–Crippen MR) is 79.1 cm³/mol. The van der Waals surface area contributed by atoms with Crippen LogP contribution in [0.15, 0.2) is 24.3 Å². The van der Waals surface area contributed by atoms with Crippen molar-refractivity contribution in [2.45, 2.75) is 51.4 Å². The molecule has 0 spiro atoms. The summed E-state index contributed by atoms with van der Waals surface area (Å²) in [6, 6.07) is 6.58. The molecule has 1 aliphatic carbocycles. The van der Waals surface area contributed by atoms with Crippen molar-refractivity contribution in [1.82, 2.24) is 4.90 Å². The fraction of sp³-hybridized carbons (Fsp3) is 0.588. The lowest BCUT2D eigenvalue weighted by molar-refractivity contribution is -0.141. The maximum Gasteiger partial charge on any atom is 0.233 e. The van der Waals surface area contributed by atoms with E-state index in [2.05, 4.69) is 13.8 Å². The number of hydrogen-bond acceptors (Lipinski definition) is 1. The first kappa shape index (κ1) is 15.0. The third kappa shape index (κ3) is 2.72. The molecule has 1 fully saturated rings. The van der Waals surface area contributed by atoms with E-state index in [0.29, 0.717) is 0 Å². The van der Waals surface area contributed by atoms with Crippen molar-refractivity contribution >= 4 is 5.91 Å². The zero-order valence-corrected chi connectivity index (χ0v) is 12.5. The highest BCUT2D eigenvalue weighted by atomic mass is 19.1. The Balaban J connectivity index is 2.28. The van der Waals surface area contributed by atoms with Gasteiger partial charge in [-0.25, -0.2) is 4.39 Å². The van der Waals surface area contributed by atoms with E-state index < -0.39 is 5.41 Å². The van der Waals surface area contributed by atoms with E-state index in [1.807, 2.05) is 11.0 Å². The monoisotopic (exact) mass is 277 g/mol. The number of carbonyl (C=O) groups excluding carboxylic acids is 1. The summed E-state index contributed by atoms with van der Waals surface area (Å²) in [7, 11) is 0. The Kier molecular flexibility index (Phi) is 4.79. The van der Waals surface area contributed by atoms with Gasteiger partial charge in [0.25, 0.3) is 0 Å². The fourth-order valence-corrected chi connectivity index (χ4v) is 3.10. The number of hydrogen-bond donors (Lipinski definition) is 0. The second kappa shape index (κ2) is 6.38. The lowest BCUT2D eigenvalue weighted by Gasteiger charge is -2.44. The van der Waals surface area contributed by atoms with E-state index in [4.69, 9.17) is 0 Å². The molecule has 20 heavy (non-hydrogen) atoms. The van der Waals surface area contributed by atoms with Crippen LogP contribution in [-0.2, 0) is 10.2 Å². The van der Waals surface area contributed by atoms with Gasteiger partial charge < -0.3 is 4.90 Å². The molecule has 3 heteroatoms. The molecule has 0 radical (unpaired) electrons. The van der Waals surface area contributed by atoms with Gasteiger partial charge in [0.05, 0.1) is 5.41 Å². The van der Waals surface area contributed by atoms with Gasteiger partial charge in [0.2, 0.25) is 5.91 Å². The number of rotatable bonds is 6. The van der Waals surface area contributed by atoms with Gasteiger partial charge in [-0.05, 0) is 43.4 Å². The molecule has 0 atom stereocenters. The van der Waals surface area contributed by atoms with Crippen molar-refractivity contribution in [3.8, 4) is 0 Å². The highest BCUT2D eigenvalue weighted by molar-refractivity contribution is 5.89. The summed E-state index contributed by atoms with van der Waals surface area (Å²) in [6.07, 6.45) is 4.67. The normalized spacial score (nSPS) is 16.6. The molecular formula is C17H24FNO. The van der Waals surface area contributed by atoms with Gasteiger partial charge in [-0.1, -0.05) is 32.4 Å². The van der Waals surface area contributed by atoms with Crippen LogP contribution in [0.3, 0.4) is 0 Å². The van der Waals surface area contributed by atoms with Crippen molar-refractivity contribution in [2.24, 2.45) is 0 Å². The summed E-state index contributed by atoms with van der Waals surface area (Å²) in [5.41, 5.74) is 0.387. The van der Waals surface area contributed by atoms with E-state index in [-0.39, 0.29) is 11.7 Å². The highest BCUT2D eigenvalue weighted by Gasteiger charge is 2.47. The zero-order chi connectivity index (χ0) is 14.6. The topological polar surface area (TPSA) is 20.3 Å². The molecule has 2 nitrogen and oxygen atoms in total. The predicted octanol–water partition coefficient (Wildman–Crippen LogP) is 3.90. The molecule has 0 aromatic heterocycles. The van der Waals surface area contributed by atoms with Crippen LogP contribution in [0.5, 0.6) is 0 Å². The molecule has 1 aromatic rings. The summed E-state index contributed by atoms with van der Waals surface area (Å²) < 4.78 is 13.5. The van der Waals surface area contributed by atoms with E-state index in [9.17, 15) is 9.18 Å². The number of amides is 1. The molecule has 0 saturated heterocycles. The Bertz CT molecular complexity index is 462. The molecule has 110 valence electrons. The molecule has 1 aliphatic rings. The smallest absolute Gasteiger partial charge is 0.233 e. The van der Waals surface area contributed by atoms with Gasteiger partial charge in [0, 0.05) is 13.1 Å². The summed E-state index contributed by atoms with van der Waals surface area (Å²) in [6.45, 7) is 5.77. The van der Waals surface area contributed by atoms with Crippen LogP contribution in [0.1, 0.15) is 51.5 Å². The average molecular weight is 277 g/mol. The van der Waals surface area contributed by atoms with Gasteiger partial charge in [0.1, 0.15) is 5.82 Å². The molecule has 0 aliphatic heterocycles. The molecule has 0 unspecified atom stereocenters. The lowest BCUT2D eigenvalue weighted by atomic mass is 9.63. The third-order valence-electron chi connectivity index (χ3n) is 4.27. The minimum atomic E-state index is -0.466. The maximum atomic E-state index is 13.5. The molecule has 0 bridgehead atoms. The number of carbonyl (C=O) groups is 1. The summed E-state index contributed by atoms with van der Waals surface area (Å²) in [4.78, 5) is 14.9. The van der Waals surface area contributed by atoms with E-state index in [0.717, 1.165) is 50.8 Å². The van der Waals surface area contributed by atoms with E-state index in [1.54, 1.807) is 6.07 Å². The Morgan fingerprint density at radius 2 is 1.90 bits per heavy atom. The van der Waals surface area contributed by atoms with Crippen LogP contribution >= 0.6 is 0 Å². The van der Waals surface area contributed by atoms with Crippen molar-refractivity contribution in [3.63, 3.8) is 0 Å². The molecule has 1 saturated carbocycles. The van der Waals surface area contributed by atoms with E-state index >= 15 is 0 Å². The third-order valence-corrected chi connectivity index (χ3v) is 4.27. The first-order valence-electron chi connectivity index (χ1n) is 7.69. The largest absolute Gasteiger partial charge is 0.342 e. The maximum absolute atomic E-state index is 13.5. The second-order valence-electron chi connectivity index (χ2n) is 5.74. The molecule has 1 aromatic carbocycles. The van der Waals surface area contributed by atoms with E-state index in [1.165, 1.54) is 12.1 Å². The van der Waals surface area contributed by atoms with Crippen LogP contribution in [0.4, 0.5) is 4.39 Å². The van der Waals surface area contributed by atoms with Crippen LogP contribution in [0, 0.1) is 5.82 Å². The van der Waals surface area contributed by atoms with Crippen molar-refractivity contribution in [3.05, 3.63) is 35.6 Å². The van der Waals surface area contributed by atoms with Crippen molar-refractivity contribution < 1.29 is 9.18 Å². The average Bonchev–Trinajstić information content (AvgIpc) is 2.37. The quantitative estimate of drug-likeness (QED) is 0.772. The first-order chi connectivity index (χ1) is 9.64. The van der Waals surface area contributed by atoms with Crippen LogP contribution in [-0.4, -0.2) is 23.9 Å². The van der Waals surface area contributed by atoms with Gasteiger partial charge in [-0.2, -0.15) is 0 Å². The number of nitrogens with zero attached hydrogens (tertiary/aromatic N) is 1. The second-order valence-corrected chi connectivity index (χ2v) is 5.74. The molecule has 0 N–H and O–H groups in total. The van der Waals surface area contributed by atoms with Gasteiger partial charge in [-0.3, -0.25) is 4.79 Å². The number of benzene rings is 1. The van der Waals surface area contributed by atoms with Crippen LogP contribution < -0.4 is 0 Å². The van der Waals surface area contributed by atoms with Crippen molar-refractivity contribution in [2.75, 3.05) is 13.1 Å². The summed E-state index contributed by atoms with van der Waals surface area (Å²) in [5.74, 6) is -0.0582. The van der Waals surface area contributed by atoms with Gasteiger partial charge >= 0.3 is 0 Å². The highest BCUT2D eigenvalue weighted by Crippen LogP contribution is 2.45. The molecule has 1 amide bonds. The van der Waals surface area contributed by atoms with Crippen LogP contribution in [0.25, 0.3) is 0 Å². The fourth-order valence-electron chi connectivity index (χ4n) is 3.10. The van der Waals surface area contributed by atoms with Crippen molar-refractivity contribution in [1.29, 1.82) is 0 Å².